The minimum absolute atomic E-state index is 0.0193. The Labute approximate surface area is 197 Å². The molecular formula is C27H28O7. The molecule has 2 aromatic carbocycles. The molecule has 178 valence electrons. The number of hydrogen-bond acceptors (Lipinski definition) is 7. The second-order valence-electron chi connectivity index (χ2n) is 10.3. The number of benzene rings is 2. The number of rotatable bonds is 4. The van der Waals surface area contributed by atoms with Gasteiger partial charge in [-0.1, -0.05) is 6.07 Å². The van der Waals surface area contributed by atoms with Crippen LogP contribution in [0.3, 0.4) is 0 Å². The van der Waals surface area contributed by atoms with Gasteiger partial charge in [-0.3, -0.25) is 0 Å². The Morgan fingerprint density at radius 1 is 1.06 bits per heavy atom. The fourth-order valence-corrected chi connectivity index (χ4v) is 4.47. The Morgan fingerprint density at radius 3 is 2.50 bits per heavy atom. The first kappa shape index (κ1) is 22.3. The van der Waals surface area contributed by atoms with E-state index in [0.717, 1.165) is 18.4 Å². The van der Waals surface area contributed by atoms with E-state index in [4.69, 9.17) is 14.2 Å². The van der Waals surface area contributed by atoms with Crippen molar-refractivity contribution >= 4 is 17.6 Å². The highest BCUT2D eigenvalue weighted by Crippen LogP contribution is 2.43. The average molecular weight is 465 g/mol. The van der Waals surface area contributed by atoms with Crippen molar-refractivity contribution in [2.75, 3.05) is 0 Å². The number of aliphatic hydroxyl groups is 1. The Balaban J connectivity index is 1.47. The summed E-state index contributed by atoms with van der Waals surface area (Å²) in [6.07, 6.45) is 3.61. The highest BCUT2D eigenvalue weighted by molar-refractivity contribution is 6.21. The molecule has 7 heteroatoms. The van der Waals surface area contributed by atoms with Gasteiger partial charge in [0.1, 0.15) is 28.4 Å². The van der Waals surface area contributed by atoms with Gasteiger partial charge in [0.15, 0.2) is 11.5 Å². The van der Waals surface area contributed by atoms with E-state index in [0.29, 0.717) is 23.3 Å². The number of phenolic OH excluding ortho intramolecular Hbond substituents is 2. The number of cyclic esters (lactones) is 1. The van der Waals surface area contributed by atoms with E-state index in [1.807, 2.05) is 27.7 Å². The van der Waals surface area contributed by atoms with Gasteiger partial charge in [-0.15, -0.1) is 0 Å². The third-order valence-electron chi connectivity index (χ3n) is 6.68. The third-order valence-corrected chi connectivity index (χ3v) is 6.68. The molecule has 3 aliphatic heterocycles. The van der Waals surface area contributed by atoms with E-state index in [2.05, 4.69) is 0 Å². The van der Waals surface area contributed by atoms with Crippen LogP contribution in [0.15, 0.2) is 41.9 Å². The first-order chi connectivity index (χ1) is 15.9. The molecule has 0 bridgehead atoms. The lowest BCUT2D eigenvalue weighted by molar-refractivity contribution is -0.131. The fourth-order valence-electron chi connectivity index (χ4n) is 4.47. The topological polar surface area (TPSA) is 109 Å². The van der Waals surface area contributed by atoms with Crippen molar-refractivity contribution in [2.45, 2.75) is 64.3 Å². The highest BCUT2D eigenvalue weighted by Gasteiger charge is 2.47. The maximum atomic E-state index is 12.7. The second-order valence-corrected chi connectivity index (χ2v) is 10.3. The maximum absolute atomic E-state index is 12.7. The molecule has 1 atom stereocenters. The predicted octanol–water partition coefficient (Wildman–Crippen LogP) is 4.79. The zero-order valence-electron chi connectivity index (χ0n) is 19.6. The summed E-state index contributed by atoms with van der Waals surface area (Å²) in [5, 5.41) is 31.7. The molecule has 1 unspecified atom stereocenters. The van der Waals surface area contributed by atoms with Crippen LogP contribution < -0.4 is 4.74 Å². The summed E-state index contributed by atoms with van der Waals surface area (Å²) < 4.78 is 16.9. The van der Waals surface area contributed by atoms with E-state index in [9.17, 15) is 20.1 Å². The number of aromatic hydroxyl groups is 2. The number of fused-ring (bicyclic) bond motifs is 1. The SMILES string of the molecule is CC1(C)CCc2cc(C3=C(O)/C(=C/c4ccc(O)c(CC5OC5(C)C)c4)OC3=O)c(O)cc2O1. The lowest BCUT2D eigenvalue weighted by atomic mass is 9.91. The van der Waals surface area contributed by atoms with Crippen LogP contribution in [0.2, 0.25) is 0 Å². The van der Waals surface area contributed by atoms with Crippen molar-refractivity contribution in [1.29, 1.82) is 0 Å². The molecule has 1 fully saturated rings. The van der Waals surface area contributed by atoms with E-state index < -0.39 is 5.97 Å². The molecule has 0 aliphatic carbocycles. The monoisotopic (exact) mass is 464 g/mol. The second kappa shape index (κ2) is 7.53. The van der Waals surface area contributed by atoms with Gasteiger partial charge in [0.2, 0.25) is 0 Å². The number of aryl methyl sites for hydroxylation is 1. The lowest BCUT2D eigenvalue weighted by Gasteiger charge is -2.32. The van der Waals surface area contributed by atoms with Gasteiger partial charge in [-0.25, -0.2) is 4.79 Å². The number of epoxide rings is 1. The summed E-state index contributed by atoms with van der Waals surface area (Å²) in [5.74, 6) is -0.563. The number of ether oxygens (including phenoxy) is 3. The van der Waals surface area contributed by atoms with E-state index in [1.54, 1.807) is 24.3 Å². The van der Waals surface area contributed by atoms with Crippen molar-refractivity contribution in [1.82, 2.24) is 0 Å². The molecule has 5 rings (SSSR count). The van der Waals surface area contributed by atoms with Crippen molar-refractivity contribution in [3.05, 3.63) is 64.1 Å². The molecule has 2 aromatic rings. The largest absolute Gasteiger partial charge is 0.508 e. The van der Waals surface area contributed by atoms with Crippen LogP contribution >= 0.6 is 0 Å². The van der Waals surface area contributed by atoms with Gasteiger partial charge in [0.25, 0.3) is 0 Å². The lowest BCUT2D eigenvalue weighted by Crippen LogP contribution is -2.32. The van der Waals surface area contributed by atoms with Crippen molar-refractivity contribution in [2.24, 2.45) is 0 Å². The third kappa shape index (κ3) is 4.01. The number of carbonyl (C=O) groups is 1. The zero-order valence-corrected chi connectivity index (χ0v) is 19.6. The minimum Gasteiger partial charge on any atom is -0.508 e. The van der Waals surface area contributed by atoms with Crippen LogP contribution in [-0.2, 0) is 27.1 Å². The quantitative estimate of drug-likeness (QED) is 0.441. The van der Waals surface area contributed by atoms with Crippen LogP contribution in [0.1, 0.15) is 56.4 Å². The summed E-state index contributed by atoms with van der Waals surface area (Å²) in [6, 6.07) is 8.15. The van der Waals surface area contributed by atoms with Crippen LogP contribution in [-0.4, -0.2) is 38.6 Å². The standard InChI is InChI=1S/C27H28O7/c1-26(2)8-7-15-11-17(19(29)13-20(15)33-26)23-24(30)21(32-25(23)31)10-14-5-6-18(28)16(9-14)12-22-27(3,4)34-22/h5-6,9-11,13,22,28-30H,7-8,12H2,1-4H3/b21-10-. The average Bonchev–Trinajstić information content (AvgIpc) is 3.25. The number of carbonyl (C=O) groups excluding carboxylic acids is 1. The Hall–Kier alpha value is -3.45. The van der Waals surface area contributed by atoms with Gasteiger partial charge in [0, 0.05) is 18.1 Å². The molecule has 1 saturated heterocycles. The van der Waals surface area contributed by atoms with Gasteiger partial charge in [-0.2, -0.15) is 0 Å². The van der Waals surface area contributed by atoms with Gasteiger partial charge >= 0.3 is 5.97 Å². The van der Waals surface area contributed by atoms with Crippen LogP contribution in [0.4, 0.5) is 0 Å². The van der Waals surface area contributed by atoms with Crippen LogP contribution in [0.25, 0.3) is 11.6 Å². The summed E-state index contributed by atoms with van der Waals surface area (Å²) >= 11 is 0. The van der Waals surface area contributed by atoms with E-state index in [-0.39, 0.29) is 51.5 Å². The van der Waals surface area contributed by atoms with Gasteiger partial charge < -0.3 is 29.5 Å². The van der Waals surface area contributed by atoms with Gasteiger partial charge in [-0.05, 0) is 81.5 Å². The Morgan fingerprint density at radius 2 is 1.79 bits per heavy atom. The number of hydrogen-bond donors (Lipinski definition) is 3. The molecule has 0 radical (unpaired) electrons. The molecular weight excluding hydrogens is 436 g/mol. The van der Waals surface area contributed by atoms with Crippen LogP contribution in [0.5, 0.6) is 17.2 Å². The first-order valence-electron chi connectivity index (χ1n) is 11.4. The van der Waals surface area contributed by atoms with Crippen molar-refractivity contribution in [3.8, 4) is 17.2 Å². The fraction of sp³-hybridized carbons (Fsp3) is 0.370. The van der Waals surface area contributed by atoms with Crippen molar-refractivity contribution in [3.63, 3.8) is 0 Å². The molecule has 0 amide bonds. The van der Waals surface area contributed by atoms with E-state index >= 15 is 0 Å². The number of esters is 1. The summed E-state index contributed by atoms with van der Waals surface area (Å²) in [5.41, 5.74) is 1.76. The van der Waals surface area contributed by atoms with Crippen LogP contribution in [0, 0.1) is 0 Å². The molecule has 3 heterocycles. The van der Waals surface area contributed by atoms with Gasteiger partial charge in [0.05, 0.1) is 11.7 Å². The normalized spacial score (nSPS) is 23.5. The highest BCUT2D eigenvalue weighted by atomic mass is 16.6. The Bertz CT molecular complexity index is 1270. The summed E-state index contributed by atoms with van der Waals surface area (Å²) in [7, 11) is 0. The minimum atomic E-state index is -0.747. The molecule has 3 aliphatic rings. The molecule has 3 N–H and O–H groups in total. The first-order valence-corrected chi connectivity index (χ1v) is 11.4. The van der Waals surface area contributed by atoms with Crippen molar-refractivity contribution < 1.29 is 34.3 Å². The molecule has 34 heavy (non-hydrogen) atoms. The zero-order chi connectivity index (χ0) is 24.4. The van der Waals surface area contributed by atoms with E-state index in [1.165, 1.54) is 12.1 Å². The maximum Gasteiger partial charge on any atom is 0.348 e. The number of phenols is 2. The molecule has 0 spiro atoms. The number of aliphatic hydroxyl groups excluding tert-OH is 1. The molecule has 0 aromatic heterocycles. The molecule has 7 nitrogen and oxygen atoms in total. The predicted molar refractivity (Wildman–Crippen MR) is 126 cm³/mol. The molecule has 0 saturated carbocycles. The Kier molecular flexibility index (Phi) is 4.95. The smallest absolute Gasteiger partial charge is 0.348 e. The summed E-state index contributed by atoms with van der Waals surface area (Å²) in [4.78, 5) is 12.7. The summed E-state index contributed by atoms with van der Waals surface area (Å²) in [6.45, 7) is 7.94.